The Bertz CT molecular complexity index is 786. The molecule has 8 nitrogen and oxygen atoms in total. The van der Waals surface area contributed by atoms with E-state index in [-0.39, 0.29) is 11.6 Å². The van der Waals surface area contributed by atoms with Crippen LogP contribution in [-0.2, 0) is 0 Å². The number of ether oxygens (including phenoxy) is 2. The second-order valence-corrected chi connectivity index (χ2v) is 6.59. The number of nitrogens with one attached hydrogen (secondary N) is 2. The summed E-state index contributed by atoms with van der Waals surface area (Å²) < 4.78 is 16.6. The predicted octanol–water partition coefficient (Wildman–Crippen LogP) is 1.14. The minimum atomic E-state index is -0.228. The lowest BCUT2D eigenvalue weighted by Gasteiger charge is -2.27. The van der Waals surface area contributed by atoms with Crippen molar-refractivity contribution in [3.8, 4) is 22.8 Å². The van der Waals surface area contributed by atoms with Gasteiger partial charge in [-0.1, -0.05) is 0 Å². The standard InChI is InChI=1S/C19H24N4O4/c24-19(21-4-1-7-23-8-5-20-6-9-23)17-18(27-13-22-17)14-2-3-15-16(12-14)26-11-10-25-15/h2-3,12-13,20H,1,4-11H2,(H,21,24). The van der Waals surface area contributed by atoms with E-state index >= 15 is 0 Å². The van der Waals surface area contributed by atoms with Gasteiger partial charge in [0.05, 0.1) is 0 Å². The Balaban J connectivity index is 1.36. The fourth-order valence-electron chi connectivity index (χ4n) is 3.32. The minimum absolute atomic E-state index is 0.228. The Hall–Kier alpha value is -2.58. The highest BCUT2D eigenvalue weighted by molar-refractivity contribution is 5.97. The first-order valence-corrected chi connectivity index (χ1v) is 9.36. The average molecular weight is 372 g/mol. The molecule has 0 saturated carbocycles. The van der Waals surface area contributed by atoms with Gasteiger partial charge >= 0.3 is 0 Å². The van der Waals surface area contributed by atoms with Crippen LogP contribution in [0, 0.1) is 0 Å². The summed E-state index contributed by atoms with van der Waals surface area (Å²) in [6.07, 6.45) is 2.20. The maximum atomic E-state index is 12.5. The summed E-state index contributed by atoms with van der Waals surface area (Å²) in [7, 11) is 0. The van der Waals surface area contributed by atoms with E-state index in [2.05, 4.69) is 20.5 Å². The van der Waals surface area contributed by atoms with Gasteiger partial charge in [-0.3, -0.25) is 4.79 Å². The second-order valence-electron chi connectivity index (χ2n) is 6.59. The van der Waals surface area contributed by atoms with E-state index in [1.54, 1.807) is 0 Å². The number of benzene rings is 1. The van der Waals surface area contributed by atoms with Crippen molar-refractivity contribution in [2.45, 2.75) is 6.42 Å². The largest absolute Gasteiger partial charge is 0.486 e. The number of rotatable bonds is 6. The van der Waals surface area contributed by atoms with Crippen LogP contribution in [0.25, 0.3) is 11.3 Å². The van der Waals surface area contributed by atoms with E-state index in [1.165, 1.54) is 6.39 Å². The van der Waals surface area contributed by atoms with Crippen LogP contribution in [0.3, 0.4) is 0 Å². The molecule has 1 saturated heterocycles. The molecule has 2 aliphatic heterocycles. The maximum absolute atomic E-state index is 12.5. The zero-order chi connectivity index (χ0) is 18.5. The van der Waals surface area contributed by atoms with Crippen molar-refractivity contribution in [3.63, 3.8) is 0 Å². The van der Waals surface area contributed by atoms with Crippen molar-refractivity contribution in [1.82, 2.24) is 20.5 Å². The molecule has 0 bridgehead atoms. The van der Waals surface area contributed by atoms with Crippen LogP contribution < -0.4 is 20.1 Å². The van der Waals surface area contributed by atoms with Gasteiger partial charge < -0.3 is 29.4 Å². The number of carbonyl (C=O) groups is 1. The average Bonchev–Trinajstić information content (AvgIpc) is 3.21. The third-order valence-corrected chi connectivity index (χ3v) is 4.73. The molecular weight excluding hydrogens is 348 g/mol. The number of hydrogen-bond acceptors (Lipinski definition) is 7. The number of piperazine rings is 1. The molecule has 0 atom stereocenters. The first-order chi connectivity index (χ1) is 13.3. The smallest absolute Gasteiger partial charge is 0.273 e. The number of carbonyl (C=O) groups excluding carboxylic acids is 1. The van der Waals surface area contributed by atoms with Crippen LogP contribution in [0.1, 0.15) is 16.9 Å². The predicted molar refractivity (Wildman–Crippen MR) is 99.2 cm³/mol. The third kappa shape index (κ3) is 4.23. The molecule has 1 amide bonds. The van der Waals surface area contributed by atoms with E-state index in [4.69, 9.17) is 13.9 Å². The summed E-state index contributed by atoms with van der Waals surface area (Å²) >= 11 is 0. The van der Waals surface area contributed by atoms with Crippen LogP contribution in [0.15, 0.2) is 29.0 Å². The first-order valence-electron chi connectivity index (χ1n) is 9.36. The number of oxazole rings is 1. The fraction of sp³-hybridized carbons (Fsp3) is 0.474. The number of fused-ring (bicyclic) bond motifs is 1. The highest BCUT2D eigenvalue weighted by Crippen LogP contribution is 2.35. The highest BCUT2D eigenvalue weighted by Gasteiger charge is 2.20. The summed E-state index contributed by atoms with van der Waals surface area (Å²) in [6.45, 7) is 6.82. The molecule has 2 aromatic rings. The van der Waals surface area contributed by atoms with Crippen molar-refractivity contribution in [2.24, 2.45) is 0 Å². The van der Waals surface area contributed by atoms with Crippen molar-refractivity contribution >= 4 is 5.91 Å². The molecule has 1 aromatic carbocycles. The van der Waals surface area contributed by atoms with E-state index in [0.29, 0.717) is 37.0 Å². The van der Waals surface area contributed by atoms with Crippen molar-refractivity contribution in [3.05, 3.63) is 30.3 Å². The Morgan fingerprint density at radius 2 is 2.00 bits per heavy atom. The monoisotopic (exact) mass is 372 g/mol. The van der Waals surface area contributed by atoms with Gasteiger partial charge in [-0.05, 0) is 31.2 Å². The van der Waals surface area contributed by atoms with Gasteiger partial charge in [-0.2, -0.15) is 0 Å². The number of aromatic nitrogens is 1. The molecule has 2 N–H and O–H groups in total. The zero-order valence-electron chi connectivity index (χ0n) is 15.2. The highest BCUT2D eigenvalue weighted by atomic mass is 16.6. The fourth-order valence-corrected chi connectivity index (χ4v) is 3.32. The molecule has 1 aromatic heterocycles. The van der Waals surface area contributed by atoms with E-state index in [1.807, 2.05) is 18.2 Å². The summed E-state index contributed by atoms with van der Waals surface area (Å²) in [4.78, 5) is 19.0. The van der Waals surface area contributed by atoms with Crippen molar-refractivity contribution in [2.75, 3.05) is 52.5 Å². The molecule has 2 aliphatic rings. The summed E-state index contributed by atoms with van der Waals surface area (Å²) in [5.74, 6) is 1.56. The van der Waals surface area contributed by atoms with Gasteiger partial charge in [-0.25, -0.2) is 4.98 Å². The summed E-state index contributed by atoms with van der Waals surface area (Å²) in [5, 5.41) is 6.27. The Morgan fingerprint density at radius 3 is 2.85 bits per heavy atom. The molecule has 1 fully saturated rings. The summed E-state index contributed by atoms with van der Waals surface area (Å²) in [5.41, 5.74) is 1.02. The van der Waals surface area contributed by atoms with Gasteiger partial charge in [0.2, 0.25) is 0 Å². The second kappa shape index (κ2) is 8.41. The van der Waals surface area contributed by atoms with E-state index in [0.717, 1.165) is 44.7 Å². The topological polar surface area (TPSA) is 88.9 Å². The van der Waals surface area contributed by atoms with Gasteiger partial charge in [0, 0.05) is 38.3 Å². The molecule has 0 unspecified atom stereocenters. The minimum Gasteiger partial charge on any atom is -0.486 e. The SMILES string of the molecule is O=C(NCCCN1CCNCC1)c1ncoc1-c1ccc2c(c1)OCCO2. The van der Waals surface area contributed by atoms with Crippen LogP contribution in [-0.4, -0.2) is 68.3 Å². The van der Waals surface area contributed by atoms with Crippen LogP contribution in [0.4, 0.5) is 0 Å². The van der Waals surface area contributed by atoms with Gasteiger partial charge in [0.25, 0.3) is 5.91 Å². The molecule has 0 aliphatic carbocycles. The molecular formula is C19H24N4O4. The maximum Gasteiger partial charge on any atom is 0.273 e. The molecule has 0 radical (unpaired) electrons. The number of amides is 1. The molecule has 27 heavy (non-hydrogen) atoms. The summed E-state index contributed by atoms with van der Waals surface area (Å²) in [6, 6.07) is 5.48. The van der Waals surface area contributed by atoms with Crippen LogP contribution in [0.5, 0.6) is 11.5 Å². The number of nitrogens with zero attached hydrogens (tertiary/aromatic N) is 2. The van der Waals surface area contributed by atoms with Gasteiger partial charge in [-0.15, -0.1) is 0 Å². The molecule has 3 heterocycles. The molecule has 4 rings (SSSR count). The zero-order valence-corrected chi connectivity index (χ0v) is 15.2. The Kier molecular flexibility index (Phi) is 5.55. The third-order valence-electron chi connectivity index (χ3n) is 4.73. The van der Waals surface area contributed by atoms with E-state index in [9.17, 15) is 4.79 Å². The molecule has 8 heteroatoms. The van der Waals surface area contributed by atoms with E-state index < -0.39 is 0 Å². The van der Waals surface area contributed by atoms with Gasteiger partial charge in [0.1, 0.15) is 13.2 Å². The lowest BCUT2D eigenvalue weighted by molar-refractivity contribution is 0.0947. The van der Waals surface area contributed by atoms with Crippen molar-refractivity contribution < 1.29 is 18.7 Å². The lowest BCUT2D eigenvalue weighted by Crippen LogP contribution is -2.44. The first kappa shape index (κ1) is 17.8. The number of hydrogen-bond donors (Lipinski definition) is 2. The molecule has 0 spiro atoms. The normalized spacial score (nSPS) is 16.9. The van der Waals surface area contributed by atoms with Crippen LogP contribution in [0.2, 0.25) is 0 Å². The van der Waals surface area contributed by atoms with Crippen molar-refractivity contribution in [1.29, 1.82) is 0 Å². The van der Waals surface area contributed by atoms with Gasteiger partial charge in [0.15, 0.2) is 29.3 Å². The Labute approximate surface area is 157 Å². The quantitative estimate of drug-likeness (QED) is 0.735. The Morgan fingerprint density at radius 1 is 1.19 bits per heavy atom. The lowest BCUT2D eigenvalue weighted by atomic mass is 10.1. The molecule has 144 valence electrons. The van der Waals surface area contributed by atoms with Crippen LogP contribution >= 0.6 is 0 Å².